The molecule has 8 rings (SSSR count). The molecule has 7 atom stereocenters. The van der Waals surface area contributed by atoms with E-state index in [0.29, 0.717) is 12.3 Å². The van der Waals surface area contributed by atoms with Gasteiger partial charge in [-0.25, -0.2) is 4.39 Å². The number of amides is 2. The van der Waals surface area contributed by atoms with Gasteiger partial charge < -0.3 is 9.72 Å². The van der Waals surface area contributed by atoms with Crippen molar-refractivity contribution in [1.29, 1.82) is 0 Å². The smallest absolute Gasteiger partial charge is 0.305 e. The zero-order valence-corrected chi connectivity index (χ0v) is 26.2. The first-order valence-electron chi connectivity index (χ1n) is 14.3. The molecule has 0 spiro atoms. The van der Waals surface area contributed by atoms with Gasteiger partial charge in [0.25, 0.3) is 0 Å². The zero-order chi connectivity index (χ0) is 29.6. The minimum absolute atomic E-state index is 0.00515. The molecule has 3 fully saturated rings. The second-order valence-electron chi connectivity index (χ2n) is 11.8. The summed E-state index contributed by atoms with van der Waals surface area (Å²) in [5, 5.41) is 0.907. The van der Waals surface area contributed by atoms with Crippen LogP contribution in [0.4, 0.5) is 10.1 Å². The summed E-state index contributed by atoms with van der Waals surface area (Å²) >= 11 is 6.55. The Kier molecular flexibility index (Phi) is 6.47. The Hall–Kier alpha value is -3.21. The van der Waals surface area contributed by atoms with Crippen molar-refractivity contribution in [3.8, 4) is 5.75 Å². The summed E-state index contributed by atoms with van der Waals surface area (Å²) in [5.41, 5.74) is 3.64. The number of thioether (sulfide) groups is 1. The van der Waals surface area contributed by atoms with Crippen LogP contribution in [0.25, 0.3) is 0 Å². The van der Waals surface area contributed by atoms with Gasteiger partial charge in [0.15, 0.2) is 0 Å². The van der Waals surface area contributed by atoms with Crippen LogP contribution in [-0.2, 0) is 16.2 Å². The van der Waals surface area contributed by atoms with Crippen LogP contribution in [0, 0.1) is 42.3 Å². The molecule has 2 aliphatic carbocycles. The van der Waals surface area contributed by atoms with E-state index in [-0.39, 0.29) is 45.6 Å². The first kappa shape index (κ1) is 27.3. The second-order valence-corrected chi connectivity index (χ2v) is 15.0. The van der Waals surface area contributed by atoms with Gasteiger partial charge >= 0.3 is 4.87 Å². The lowest BCUT2D eigenvalue weighted by atomic mass is 9.68. The number of hydrogen-bond acceptors (Lipinski definition) is 6. The summed E-state index contributed by atoms with van der Waals surface area (Å²) in [4.78, 5) is 45.7. The Bertz CT molecular complexity index is 1860. The van der Waals surface area contributed by atoms with Crippen LogP contribution < -0.4 is 14.5 Å². The fraction of sp³-hybridized carbons (Fsp3) is 0.303. The number of nitrogens with zero attached hydrogens (tertiary/aromatic N) is 1. The maximum absolute atomic E-state index is 14.0. The number of fused-ring (bicyclic) bond motifs is 9. The molecule has 2 aliphatic heterocycles. The number of carbonyl (C=O) groups is 2. The first-order chi connectivity index (χ1) is 20.8. The van der Waals surface area contributed by atoms with Crippen molar-refractivity contribution in [3.05, 3.63) is 108 Å². The second kappa shape index (κ2) is 10.2. The van der Waals surface area contributed by atoms with Gasteiger partial charge in [-0.05, 0) is 84.7 Å². The lowest BCUT2D eigenvalue weighted by molar-refractivity contribution is -0.123. The Balaban J connectivity index is 1.20. The maximum atomic E-state index is 14.0. The molecule has 2 amide bonds. The molecule has 3 aromatic carbocycles. The summed E-state index contributed by atoms with van der Waals surface area (Å²) in [6, 6.07) is 19.7. The third-order valence-corrected chi connectivity index (χ3v) is 12.8. The fourth-order valence-electron chi connectivity index (χ4n) is 8.03. The van der Waals surface area contributed by atoms with Gasteiger partial charge in [-0.2, -0.15) is 0 Å². The Morgan fingerprint density at radius 1 is 1.00 bits per heavy atom. The van der Waals surface area contributed by atoms with Crippen LogP contribution in [0.1, 0.15) is 33.9 Å². The molecule has 218 valence electrons. The number of aromatic amines is 1. The first-order valence-corrected chi connectivity index (χ1v) is 16.8. The molecular weight excluding hydrogens is 651 g/mol. The average Bonchev–Trinajstić information content (AvgIpc) is 3.72. The summed E-state index contributed by atoms with van der Waals surface area (Å²) in [5.74, 6) is -1.09. The third kappa shape index (κ3) is 4.20. The lowest BCUT2D eigenvalue weighted by Gasteiger charge is -2.43. The molecule has 2 saturated carbocycles. The van der Waals surface area contributed by atoms with Gasteiger partial charge in [0.2, 0.25) is 11.8 Å². The number of thiazole rings is 1. The monoisotopic (exact) mass is 676 g/mol. The summed E-state index contributed by atoms with van der Waals surface area (Å²) in [6.07, 6.45) is 0.787. The molecule has 1 N–H and O–H groups in total. The summed E-state index contributed by atoms with van der Waals surface area (Å²) < 4.78 is 21.1. The molecule has 10 heteroatoms. The number of halogens is 2. The highest BCUT2D eigenvalue weighted by Gasteiger charge is 2.69. The van der Waals surface area contributed by atoms with Crippen molar-refractivity contribution in [2.45, 2.75) is 36.1 Å². The van der Waals surface area contributed by atoms with Gasteiger partial charge in [0, 0.05) is 26.1 Å². The van der Waals surface area contributed by atoms with Gasteiger partial charge in [0.1, 0.15) is 18.2 Å². The Morgan fingerprint density at radius 2 is 1.74 bits per heavy atom. The molecule has 6 nitrogen and oxygen atoms in total. The number of aryl methyl sites for hydroxylation is 1. The molecule has 1 aromatic heterocycles. The normalized spacial score (nSPS) is 28.6. The van der Waals surface area contributed by atoms with E-state index >= 15 is 0 Å². The van der Waals surface area contributed by atoms with E-state index in [1.165, 1.54) is 40.5 Å². The largest absolute Gasteiger partial charge is 0.489 e. The number of H-pyrrole nitrogens is 1. The van der Waals surface area contributed by atoms with Crippen LogP contribution in [0.2, 0.25) is 0 Å². The van der Waals surface area contributed by atoms with Crippen LogP contribution in [0.5, 0.6) is 5.75 Å². The molecule has 5 unspecified atom stereocenters. The van der Waals surface area contributed by atoms with Crippen molar-refractivity contribution in [3.63, 3.8) is 0 Å². The predicted octanol–water partition coefficient (Wildman–Crippen LogP) is 6.90. The van der Waals surface area contributed by atoms with E-state index in [1.54, 1.807) is 11.8 Å². The fourth-order valence-corrected chi connectivity index (χ4v) is 11.3. The molecule has 1 saturated heterocycles. The van der Waals surface area contributed by atoms with Gasteiger partial charge in [-0.15, -0.1) is 11.8 Å². The van der Waals surface area contributed by atoms with E-state index in [2.05, 4.69) is 46.0 Å². The van der Waals surface area contributed by atoms with E-state index < -0.39 is 17.7 Å². The summed E-state index contributed by atoms with van der Waals surface area (Å²) in [7, 11) is 0. The van der Waals surface area contributed by atoms with Crippen molar-refractivity contribution in [2.24, 2.45) is 29.6 Å². The molecule has 2 bridgehead atoms. The predicted molar refractivity (Wildman–Crippen MR) is 167 cm³/mol. The molecule has 0 radical (unpaired) electrons. The molecular formula is C33H26BrFN2O4S2. The van der Waals surface area contributed by atoms with Crippen molar-refractivity contribution in [2.75, 3.05) is 4.90 Å². The minimum atomic E-state index is -0.437. The van der Waals surface area contributed by atoms with Crippen molar-refractivity contribution in [1.82, 2.24) is 4.98 Å². The topological polar surface area (TPSA) is 79.5 Å². The molecule has 3 heterocycles. The number of benzene rings is 3. The number of rotatable bonds is 5. The molecule has 4 aliphatic rings. The third-order valence-electron chi connectivity index (χ3n) is 9.76. The standard InChI is InChI=1S/C33H26BrFN2O4S2/c1-15-4-2-3-5-16(15)14-41-23-11-6-17(34)12-20(23)24-25-21-13-22(28(25)42-30-29(24)43-33(40)36-30)27-26(21)31(38)37(32(27)39)19-9-7-18(35)8-10-19/h2-12,21-22,24-28H,13-14H2,1H3,(H,36,40)/t21-,22-,24?,25?,26?,27?,28?/m1/s1. The van der Waals surface area contributed by atoms with E-state index in [0.717, 1.165) is 43.2 Å². The Morgan fingerprint density at radius 3 is 2.51 bits per heavy atom. The highest BCUT2D eigenvalue weighted by molar-refractivity contribution is 9.10. The number of hydrogen-bond donors (Lipinski definition) is 1. The van der Waals surface area contributed by atoms with Crippen molar-refractivity contribution >= 4 is 56.5 Å². The number of ether oxygens (including phenoxy) is 1. The van der Waals surface area contributed by atoms with Crippen molar-refractivity contribution < 1.29 is 18.7 Å². The van der Waals surface area contributed by atoms with Gasteiger partial charge in [0.05, 0.1) is 22.5 Å². The average molecular weight is 678 g/mol. The number of imide groups is 1. The SMILES string of the molecule is Cc1ccccc1COc1ccc(Br)cc1C1c2sc(=O)[nH]c2SC2C1[C@H]1C[C@@H]2C2C(=O)N(c3ccc(F)cc3)C(=O)C21. The van der Waals surface area contributed by atoms with Gasteiger partial charge in [-0.1, -0.05) is 51.5 Å². The van der Waals surface area contributed by atoms with Crippen LogP contribution in [0.15, 0.2) is 81.0 Å². The number of anilines is 1. The Labute approximate surface area is 263 Å². The molecule has 4 aromatic rings. The maximum Gasteiger partial charge on any atom is 0.305 e. The zero-order valence-electron chi connectivity index (χ0n) is 23.0. The minimum Gasteiger partial charge on any atom is -0.489 e. The number of carbonyl (C=O) groups excluding carboxylic acids is 2. The number of aromatic nitrogens is 1. The van der Waals surface area contributed by atoms with E-state index in [1.807, 2.05) is 24.3 Å². The van der Waals surface area contributed by atoms with Gasteiger partial charge in [-0.3, -0.25) is 19.3 Å². The quantitative estimate of drug-likeness (QED) is 0.233. The van der Waals surface area contributed by atoms with Crippen LogP contribution >= 0.6 is 39.0 Å². The highest BCUT2D eigenvalue weighted by atomic mass is 79.9. The highest BCUT2D eigenvalue weighted by Crippen LogP contribution is 2.69. The lowest BCUT2D eigenvalue weighted by Crippen LogP contribution is -2.42. The van der Waals surface area contributed by atoms with E-state index in [9.17, 15) is 18.8 Å². The van der Waals surface area contributed by atoms with E-state index in [4.69, 9.17) is 4.74 Å². The number of nitrogens with one attached hydrogen (secondary N) is 1. The summed E-state index contributed by atoms with van der Waals surface area (Å²) in [6.45, 7) is 2.47. The molecule has 43 heavy (non-hydrogen) atoms. The van der Waals surface area contributed by atoms with Crippen LogP contribution in [0.3, 0.4) is 0 Å². The van der Waals surface area contributed by atoms with Crippen LogP contribution in [-0.4, -0.2) is 22.0 Å².